The van der Waals surface area contributed by atoms with Crippen molar-refractivity contribution >= 4 is 34.3 Å². The van der Waals surface area contributed by atoms with Gasteiger partial charge in [0.05, 0.1) is 18.2 Å². The van der Waals surface area contributed by atoms with Gasteiger partial charge in [-0.05, 0) is 24.3 Å². The summed E-state index contributed by atoms with van der Waals surface area (Å²) in [5.74, 6) is -3.38. The lowest BCUT2D eigenvalue weighted by atomic mass is 10.1. The molecule has 0 saturated heterocycles. The van der Waals surface area contributed by atoms with E-state index in [9.17, 15) is 49.1 Å². The first kappa shape index (κ1) is 25.8. The Morgan fingerprint density at radius 3 is 2.03 bits per heavy atom. The highest BCUT2D eigenvalue weighted by molar-refractivity contribution is 6.32. The third-order valence-electron chi connectivity index (χ3n) is 3.88. The fraction of sp³-hybridized carbons (Fsp3) is 0.353. The molecule has 182 valence electrons. The number of esters is 1. The number of carbonyl (C=O) groups is 2. The van der Waals surface area contributed by atoms with Gasteiger partial charge in [-0.3, -0.25) is 15.6 Å². The molecule has 1 aromatic heterocycles. The molecule has 2 rings (SSSR count). The summed E-state index contributed by atoms with van der Waals surface area (Å²) < 4.78 is 121. The summed E-state index contributed by atoms with van der Waals surface area (Å²) in [6, 6.07) is 2.37. The average molecular weight is 492 g/mol. The molecule has 33 heavy (non-hydrogen) atoms. The quantitative estimate of drug-likeness (QED) is 0.286. The number of benzene rings is 1. The Hall–Kier alpha value is -3.46. The van der Waals surface area contributed by atoms with Crippen molar-refractivity contribution in [2.24, 2.45) is 0 Å². The van der Waals surface area contributed by atoms with Gasteiger partial charge >= 0.3 is 30.4 Å². The summed E-state index contributed by atoms with van der Waals surface area (Å²) >= 11 is 0. The van der Waals surface area contributed by atoms with Crippen LogP contribution in [0, 0.1) is 0 Å². The van der Waals surface area contributed by atoms with E-state index in [-0.39, 0.29) is 4.90 Å². The number of anilines is 2. The van der Waals surface area contributed by atoms with Crippen LogP contribution in [0.5, 0.6) is 0 Å². The first-order valence-corrected chi connectivity index (χ1v) is 8.55. The number of pyridine rings is 1. The number of fused-ring (bicyclic) bond motifs is 1. The van der Waals surface area contributed by atoms with Crippen molar-refractivity contribution in [3.8, 4) is 0 Å². The van der Waals surface area contributed by atoms with Gasteiger partial charge in [0.15, 0.2) is 0 Å². The molecule has 0 aliphatic heterocycles. The van der Waals surface area contributed by atoms with E-state index in [1.165, 1.54) is 0 Å². The maximum Gasteiger partial charge on any atom is 0.417 e. The fourth-order valence-electron chi connectivity index (χ4n) is 2.64. The standard InChI is InChI=1S/C17H13F9N4O3/c1-33-14(32)13(31)29-28-12-5-10(17(24,25)26)9-4-8(2-3-11(9)27-12)30(6-15(18,19)20)7-16(21,22)23/h2-5H,6-7H2,1H3,(H,27,28)(H,29,31). The molecule has 2 aromatic rings. The third kappa shape index (κ3) is 7.28. The van der Waals surface area contributed by atoms with Gasteiger partial charge in [0.25, 0.3) is 0 Å². The third-order valence-corrected chi connectivity index (χ3v) is 3.88. The molecule has 2 N–H and O–H groups in total. The summed E-state index contributed by atoms with van der Waals surface area (Å²) in [6.45, 7) is -4.13. The first-order chi connectivity index (χ1) is 15.0. The van der Waals surface area contributed by atoms with E-state index in [1.54, 1.807) is 5.43 Å². The lowest BCUT2D eigenvalue weighted by Gasteiger charge is -2.27. The zero-order chi connectivity index (χ0) is 25.2. The number of hydrogen-bond donors (Lipinski definition) is 2. The second-order valence-corrected chi connectivity index (χ2v) is 6.41. The van der Waals surface area contributed by atoms with Crippen LogP contribution >= 0.6 is 0 Å². The van der Waals surface area contributed by atoms with Gasteiger partial charge < -0.3 is 9.64 Å². The van der Waals surface area contributed by atoms with Crippen LogP contribution in [0.15, 0.2) is 24.3 Å². The second kappa shape index (κ2) is 9.19. The number of methoxy groups -OCH3 is 1. The van der Waals surface area contributed by atoms with Crippen molar-refractivity contribution in [1.29, 1.82) is 0 Å². The minimum Gasteiger partial charge on any atom is -0.462 e. The summed E-state index contributed by atoms with van der Waals surface area (Å²) in [5.41, 5.74) is 0.954. The molecular weight excluding hydrogens is 479 g/mol. The Balaban J connectivity index is 2.53. The van der Waals surface area contributed by atoms with Crippen LogP contribution in [-0.2, 0) is 20.5 Å². The molecule has 0 spiro atoms. The number of rotatable bonds is 5. The van der Waals surface area contributed by atoms with Crippen LogP contribution in [0.2, 0.25) is 0 Å². The fourth-order valence-corrected chi connectivity index (χ4v) is 2.64. The number of amides is 1. The Kier molecular flexibility index (Phi) is 7.18. The van der Waals surface area contributed by atoms with Gasteiger partial charge in [0, 0.05) is 11.1 Å². The molecule has 16 heteroatoms. The number of nitrogens with one attached hydrogen (secondary N) is 2. The first-order valence-electron chi connectivity index (χ1n) is 8.55. The second-order valence-electron chi connectivity index (χ2n) is 6.41. The summed E-state index contributed by atoms with van der Waals surface area (Å²) in [6.07, 6.45) is -15.3. The van der Waals surface area contributed by atoms with Crippen molar-refractivity contribution in [1.82, 2.24) is 10.4 Å². The molecule has 0 fully saturated rings. The Morgan fingerprint density at radius 1 is 0.970 bits per heavy atom. The number of alkyl halides is 9. The molecule has 0 aliphatic carbocycles. The van der Waals surface area contributed by atoms with Gasteiger partial charge in [-0.25, -0.2) is 9.78 Å². The highest BCUT2D eigenvalue weighted by atomic mass is 19.4. The van der Waals surface area contributed by atoms with E-state index in [2.05, 4.69) is 9.72 Å². The largest absolute Gasteiger partial charge is 0.462 e. The highest BCUT2D eigenvalue weighted by Gasteiger charge is 2.38. The van der Waals surface area contributed by atoms with Crippen LogP contribution in [0.3, 0.4) is 0 Å². The normalized spacial score (nSPS) is 12.4. The minimum absolute atomic E-state index is 0.164. The number of halogens is 9. The van der Waals surface area contributed by atoms with Gasteiger partial charge in [-0.2, -0.15) is 39.5 Å². The number of hydrazine groups is 1. The smallest absolute Gasteiger partial charge is 0.417 e. The zero-order valence-electron chi connectivity index (χ0n) is 16.2. The topological polar surface area (TPSA) is 83.6 Å². The number of ether oxygens (including phenoxy) is 1. The van der Waals surface area contributed by atoms with Gasteiger partial charge in [0.2, 0.25) is 0 Å². The van der Waals surface area contributed by atoms with Crippen molar-refractivity contribution in [2.75, 3.05) is 30.5 Å². The van der Waals surface area contributed by atoms with E-state index in [0.29, 0.717) is 12.1 Å². The van der Waals surface area contributed by atoms with Gasteiger partial charge in [-0.15, -0.1) is 0 Å². The van der Waals surface area contributed by atoms with Gasteiger partial charge in [-0.1, -0.05) is 0 Å². The lowest BCUT2D eigenvalue weighted by molar-refractivity contribution is -0.152. The van der Waals surface area contributed by atoms with E-state index in [1.807, 2.05) is 5.43 Å². The Labute approximate surface area is 178 Å². The van der Waals surface area contributed by atoms with Crippen LogP contribution in [-0.4, -0.2) is 49.4 Å². The number of aromatic nitrogens is 1. The monoisotopic (exact) mass is 492 g/mol. The van der Waals surface area contributed by atoms with E-state index < -0.39 is 71.5 Å². The van der Waals surface area contributed by atoms with E-state index in [0.717, 1.165) is 19.2 Å². The molecule has 1 aromatic carbocycles. The lowest BCUT2D eigenvalue weighted by Crippen LogP contribution is -2.40. The molecule has 7 nitrogen and oxygen atoms in total. The predicted octanol–water partition coefficient (Wildman–Crippen LogP) is 3.80. The average Bonchev–Trinajstić information content (AvgIpc) is 2.66. The summed E-state index contributed by atoms with van der Waals surface area (Å²) in [5, 5.41) is -0.792. The molecule has 0 bridgehead atoms. The maximum atomic E-state index is 13.6. The summed E-state index contributed by atoms with van der Waals surface area (Å²) in [4.78, 5) is 25.9. The molecule has 0 radical (unpaired) electrons. The molecular formula is C17H13F9N4O3. The van der Waals surface area contributed by atoms with Crippen LogP contribution in [0.25, 0.3) is 10.9 Å². The Morgan fingerprint density at radius 2 is 1.55 bits per heavy atom. The van der Waals surface area contributed by atoms with Crippen molar-refractivity contribution in [3.05, 3.63) is 29.8 Å². The van der Waals surface area contributed by atoms with E-state index in [4.69, 9.17) is 0 Å². The predicted molar refractivity (Wildman–Crippen MR) is 94.8 cm³/mol. The Bertz CT molecular complexity index is 1020. The molecule has 0 aliphatic rings. The van der Waals surface area contributed by atoms with Crippen molar-refractivity contribution in [2.45, 2.75) is 18.5 Å². The van der Waals surface area contributed by atoms with Gasteiger partial charge in [0.1, 0.15) is 18.9 Å². The molecule has 1 amide bonds. The molecule has 0 atom stereocenters. The van der Waals surface area contributed by atoms with Crippen LogP contribution < -0.4 is 15.8 Å². The van der Waals surface area contributed by atoms with Crippen LogP contribution in [0.1, 0.15) is 5.56 Å². The number of hydrogen-bond acceptors (Lipinski definition) is 6. The molecule has 1 heterocycles. The zero-order valence-corrected chi connectivity index (χ0v) is 16.2. The summed E-state index contributed by atoms with van der Waals surface area (Å²) in [7, 11) is 0.871. The highest BCUT2D eigenvalue weighted by Crippen LogP contribution is 2.38. The number of carbonyl (C=O) groups excluding carboxylic acids is 2. The SMILES string of the molecule is COC(=O)C(=O)NNc1cc(C(F)(F)F)c2cc(N(CC(F)(F)F)CC(F)(F)F)ccc2n1. The minimum atomic E-state index is -5.11. The maximum absolute atomic E-state index is 13.6. The van der Waals surface area contributed by atoms with Crippen LogP contribution in [0.4, 0.5) is 51.0 Å². The molecule has 0 unspecified atom stereocenters. The number of nitrogens with zero attached hydrogens (tertiary/aromatic N) is 2. The van der Waals surface area contributed by atoms with Crippen molar-refractivity contribution < 1.29 is 53.8 Å². The van der Waals surface area contributed by atoms with Crippen molar-refractivity contribution in [3.63, 3.8) is 0 Å². The molecule has 0 saturated carbocycles. The van der Waals surface area contributed by atoms with E-state index >= 15 is 0 Å².